The summed E-state index contributed by atoms with van der Waals surface area (Å²) in [4.78, 5) is 11.7. The molecule has 0 saturated carbocycles. The number of hydrogen-bond donors (Lipinski definition) is 0. The van der Waals surface area contributed by atoms with Crippen LogP contribution in [-0.2, 0) is 22.4 Å². The summed E-state index contributed by atoms with van der Waals surface area (Å²) in [6.45, 7) is 0.441. The molecule has 34 heavy (non-hydrogen) atoms. The highest BCUT2D eigenvalue weighted by Crippen LogP contribution is 2.42. The fraction of sp³-hybridized carbons (Fsp3) is 0.286. The number of ether oxygens (including phenoxy) is 3. The van der Waals surface area contributed by atoms with Crippen LogP contribution in [0.3, 0.4) is 0 Å². The molecule has 1 heterocycles. The Hall–Kier alpha value is -3.85. The van der Waals surface area contributed by atoms with Crippen LogP contribution in [0.15, 0.2) is 54.6 Å². The molecular weight excluding hydrogens is 433 g/mol. The number of fused-ring (bicyclic) bond motifs is 2. The van der Waals surface area contributed by atoms with E-state index in [0.29, 0.717) is 29.9 Å². The smallest absolute Gasteiger partial charge is 0.306 e. The van der Waals surface area contributed by atoms with Crippen LogP contribution < -0.4 is 9.47 Å². The third kappa shape index (κ3) is 4.10. The van der Waals surface area contributed by atoms with Crippen LogP contribution in [0, 0.1) is 17.1 Å². The number of benzene rings is 3. The maximum atomic E-state index is 14.3. The lowest BCUT2D eigenvalue weighted by atomic mass is 9.92. The molecule has 0 N–H and O–H groups in total. The molecule has 0 saturated heterocycles. The summed E-state index contributed by atoms with van der Waals surface area (Å²) in [6, 6.07) is 18.4. The average Bonchev–Trinajstić information content (AvgIpc) is 3.44. The molecule has 0 fully saturated rings. The highest BCUT2D eigenvalue weighted by Gasteiger charge is 2.30. The first kappa shape index (κ1) is 22.0. The van der Waals surface area contributed by atoms with Gasteiger partial charge in [0.25, 0.3) is 0 Å². The first-order chi connectivity index (χ1) is 16.6. The van der Waals surface area contributed by atoms with E-state index in [1.54, 1.807) is 18.2 Å². The van der Waals surface area contributed by atoms with E-state index in [0.717, 1.165) is 40.8 Å². The molecule has 1 aliphatic carbocycles. The quantitative estimate of drug-likeness (QED) is 0.464. The van der Waals surface area contributed by atoms with E-state index >= 15 is 0 Å². The Labute approximate surface area is 197 Å². The van der Waals surface area contributed by atoms with Crippen LogP contribution in [0.25, 0.3) is 0 Å². The number of carbonyl (C=O) groups excluding carboxylic acids is 1. The maximum Gasteiger partial charge on any atom is 0.306 e. The van der Waals surface area contributed by atoms with Crippen molar-refractivity contribution in [2.75, 3.05) is 13.7 Å². The molecule has 0 bridgehead atoms. The molecule has 6 heteroatoms. The summed E-state index contributed by atoms with van der Waals surface area (Å²) in [5, 5.41) is 9.66. The number of esters is 1. The van der Waals surface area contributed by atoms with Gasteiger partial charge in [0.15, 0.2) is 0 Å². The van der Waals surface area contributed by atoms with E-state index < -0.39 is 0 Å². The molecule has 1 unspecified atom stereocenters. The first-order valence-corrected chi connectivity index (χ1v) is 11.4. The molecule has 3 aromatic rings. The zero-order valence-corrected chi connectivity index (χ0v) is 18.8. The van der Waals surface area contributed by atoms with E-state index in [1.165, 1.54) is 13.2 Å². The van der Waals surface area contributed by atoms with Gasteiger partial charge in [-0.1, -0.05) is 30.3 Å². The van der Waals surface area contributed by atoms with Gasteiger partial charge in [-0.25, -0.2) is 4.39 Å². The second-order valence-electron chi connectivity index (χ2n) is 8.67. The maximum absolute atomic E-state index is 14.3. The minimum atomic E-state index is -0.265. The van der Waals surface area contributed by atoms with Crippen LogP contribution in [0.1, 0.15) is 58.2 Å². The summed E-state index contributed by atoms with van der Waals surface area (Å²) < 4.78 is 31.2. The van der Waals surface area contributed by atoms with Gasteiger partial charge in [-0.15, -0.1) is 0 Å². The predicted molar refractivity (Wildman–Crippen MR) is 123 cm³/mol. The summed E-state index contributed by atoms with van der Waals surface area (Å²) >= 11 is 0. The third-order valence-corrected chi connectivity index (χ3v) is 6.70. The Balaban J connectivity index is 1.38. The van der Waals surface area contributed by atoms with E-state index in [1.807, 2.05) is 30.3 Å². The van der Waals surface area contributed by atoms with E-state index in [9.17, 15) is 14.4 Å². The minimum Gasteiger partial charge on any atom is -0.492 e. The van der Waals surface area contributed by atoms with Crippen molar-refractivity contribution in [1.82, 2.24) is 0 Å². The van der Waals surface area contributed by atoms with Crippen molar-refractivity contribution in [3.63, 3.8) is 0 Å². The van der Waals surface area contributed by atoms with Gasteiger partial charge < -0.3 is 14.2 Å². The van der Waals surface area contributed by atoms with Gasteiger partial charge in [-0.05, 0) is 53.3 Å². The van der Waals surface area contributed by atoms with Gasteiger partial charge >= 0.3 is 5.97 Å². The fourth-order valence-corrected chi connectivity index (χ4v) is 4.95. The Bertz CT molecular complexity index is 1300. The van der Waals surface area contributed by atoms with Crippen LogP contribution in [0.2, 0.25) is 0 Å². The number of nitriles is 1. The lowest BCUT2D eigenvalue weighted by molar-refractivity contribution is -0.141. The van der Waals surface area contributed by atoms with Crippen molar-refractivity contribution in [2.24, 2.45) is 0 Å². The minimum absolute atomic E-state index is 0.0194. The fourth-order valence-electron chi connectivity index (χ4n) is 4.95. The van der Waals surface area contributed by atoms with Crippen molar-refractivity contribution < 1.29 is 23.4 Å². The van der Waals surface area contributed by atoms with Crippen LogP contribution >= 0.6 is 0 Å². The van der Waals surface area contributed by atoms with Crippen LogP contribution in [0.4, 0.5) is 4.39 Å². The molecule has 5 nitrogen and oxygen atoms in total. The van der Waals surface area contributed by atoms with E-state index in [-0.39, 0.29) is 30.2 Å². The number of halogens is 1. The molecule has 3 aromatic carbocycles. The number of hydrogen-bond acceptors (Lipinski definition) is 5. The van der Waals surface area contributed by atoms with Crippen LogP contribution in [0.5, 0.6) is 11.5 Å². The van der Waals surface area contributed by atoms with Gasteiger partial charge in [0, 0.05) is 24.0 Å². The molecule has 0 radical (unpaired) electrons. The summed E-state index contributed by atoms with van der Waals surface area (Å²) in [6.07, 6.45) is 2.04. The van der Waals surface area contributed by atoms with Crippen molar-refractivity contribution in [3.05, 3.63) is 93.8 Å². The summed E-state index contributed by atoms with van der Waals surface area (Å²) in [7, 11) is 1.39. The first-order valence-electron chi connectivity index (χ1n) is 11.4. The predicted octanol–water partition coefficient (Wildman–Crippen LogP) is 5.39. The van der Waals surface area contributed by atoms with E-state index in [4.69, 9.17) is 14.2 Å². The highest BCUT2D eigenvalue weighted by atomic mass is 19.1. The topological polar surface area (TPSA) is 68.6 Å². The molecule has 0 aromatic heterocycles. The zero-order valence-electron chi connectivity index (χ0n) is 18.8. The second-order valence-corrected chi connectivity index (χ2v) is 8.67. The Morgan fingerprint density at radius 2 is 2.00 bits per heavy atom. The lowest BCUT2D eigenvalue weighted by Crippen LogP contribution is -2.09. The number of methoxy groups -OCH3 is 1. The Morgan fingerprint density at radius 1 is 1.18 bits per heavy atom. The average molecular weight is 458 g/mol. The number of carbonyl (C=O) groups is 1. The van der Waals surface area contributed by atoms with Crippen molar-refractivity contribution in [3.8, 4) is 17.6 Å². The third-order valence-electron chi connectivity index (χ3n) is 6.70. The van der Waals surface area contributed by atoms with Gasteiger partial charge in [-0.3, -0.25) is 4.79 Å². The largest absolute Gasteiger partial charge is 0.492 e. The molecule has 0 spiro atoms. The van der Waals surface area contributed by atoms with Crippen molar-refractivity contribution in [1.29, 1.82) is 5.26 Å². The van der Waals surface area contributed by atoms with Gasteiger partial charge in [-0.2, -0.15) is 5.26 Å². The molecule has 2 atom stereocenters. The molecule has 0 amide bonds. The van der Waals surface area contributed by atoms with Crippen molar-refractivity contribution >= 4 is 5.97 Å². The summed E-state index contributed by atoms with van der Waals surface area (Å²) in [5.41, 5.74) is 5.12. The zero-order chi connectivity index (χ0) is 23.7. The van der Waals surface area contributed by atoms with Gasteiger partial charge in [0.05, 0.1) is 31.8 Å². The van der Waals surface area contributed by atoms with E-state index in [2.05, 4.69) is 6.07 Å². The summed E-state index contributed by atoms with van der Waals surface area (Å²) in [5.74, 6) is 0.875. The molecule has 1 aliphatic heterocycles. The monoisotopic (exact) mass is 457 g/mol. The van der Waals surface area contributed by atoms with Crippen LogP contribution in [-0.4, -0.2) is 19.7 Å². The van der Waals surface area contributed by atoms with Gasteiger partial charge in [0.2, 0.25) is 0 Å². The van der Waals surface area contributed by atoms with Crippen molar-refractivity contribution in [2.45, 2.75) is 37.7 Å². The molecular formula is C28H24FNO4. The molecule has 2 aliphatic rings. The number of nitrogens with zero attached hydrogens (tertiary/aromatic N) is 1. The molecule has 5 rings (SSSR count). The standard InChI is InChI=1S/C28H24FNO4/c1-32-28(31)13-19-16-33-27-14-20(7-9-21(19)27)34-26-11-10-22-23(26)8-6-18(15-30)24(22)12-17-4-2-3-5-25(17)29/h2-9,14,19,26H,10-13,16H2,1H3/t19?,26-/m1/s1. The molecule has 172 valence electrons. The SMILES string of the molecule is COC(=O)CC1COc2cc(O[C@@H]3CCc4c3ccc(C#N)c4Cc3ccccc3F)ccc21. The van der Waals surface area contributed by atoms with Gasteiger partial charge in [0.1, 0.15) is 23.4 Å². The normalized spacial score (nSPS) is 17.9. The second kappa shape index (κ2) is 9.18. The number of rotatable bonds is 6. The highest BCUT2D eigenvalue weighted by molar-refractivity contribution is 5.71. The Morgan fingerprint density at radius 3 is 2.79 bits per heavy atom. The lowest BCUT2D eigenvalue weighted by Gasteiger charge is -2.17. The Kier molecular flexibility index (Phi) is 5.93.